The normalized spacial score (nSPS) is 12.0. The largest absolute Gasteiger partial charge is 0.389 e. The van der Waals surface area contributed by atoms with Crippen molar-refractivity contribution >= 4 is 0 Å². The first-order valence-corrected chi connectivity index (χ1v) is 5.38. The summed E-state index contributed by atoms with van der Waals surface area (Å²) in [6.45, 7) is 5.28. The monoisotopic (exact) mass is 212 g/mol. The van der Waals surface area contributed by atoms with Crippen LogP contribution in [-0.2, 0) is 13.6 Å². The fraction of sp³-hybridized carbons (Fsp3) is 0.800. The molecule has 2 N–H and O–H groups in total. The zero-order valence-electron chi connectivity index (χ0n) is 9.69. The Morgan fingerprint density at radius 1 is 1.47 bits per heavy atom. The Bertz CT molecular complexity index is 293. The molecule has 0 bridgehead atoms. The van der Waals surface area contributed by atoms with Crippen LogP contribution in [0.5, 0.6) is 0 Å². The Morgan fingerprint density at radius 2 is 2.13 bits per heavy atom. The van der Waals surface area contributed by atoms with Crippen LogP contribution in [0, 0.1) is 0 Å². The van der Waals surface area contributed by atoms with E-state index in [9.17, 15) is 5.11 Å². The molecule has 0 aliphatic rings. The summed E-state index contributed by atoms with van der Waals surface area (Å²) in [5, 5.41) is 20.9. The van der Waals surface area contributed by atoms with Crippen LogP contribution in [0.25, 0.3) is 0 Å². The molecule has 0 aliphatic carbocycles. The summed E-state index contributed by atoms with van der Waals surface area (Å²) in [5.41, 5.74) is 0.427. The smallest absolute Gasteiger partial charge is 0.0766 e. The lowest BCUT2D eigenvalue weighted by atomic mass is 9.98. The highest BCUT2D eigenvalue weighted by molar-refractivity contribution is 4.93. The zero-order chi connectivity index (χ0) is 11.3. The highest BCUT2D eigenvalue weighted by atomic mass is 16.3. The van der Waals surface area contributed by atoms with Crippen LogP contribution >= 0.6 is 0 Å². The van der Waals surface area contributed by atoms with Gasteiger partial charge in [-0.05, 0) is 12.8 Å². The van der Waals surface area contributed by atoms with E-state index in [0.29, 0.717) is 13.1 Å². The van der Waals surface area contributed by atoms with E-state index in [1.165, 1.54) is 0 Å². The van der Waals surface area contributed by atoms with Crippen LogP contribution in [0.4, 0.5) is 0 Å². The average Bonchev–Trinajstić information content (AvgIpc) is 2.64. The third kappa shape index (κ3) is 3.28. The minimum absolute atomic E-state index is 0.591. The van der Waals surface area contributed by atoms with Gasteiger partial charge in [-0.2, -0.15) is 0 Å². The molecule has 86 valence electrons. The van der Waals surface area contributed by atoms with Gasteiger partial charge in [-0.25, -0.2) is 0 Å². The third-order valence-electron chi connectivity index (χ3n) is 2.88. The number of hydrogen-bond acceptors (Lipinski definition) is 4. The lowest BCUT2D eigenvalue weighted by Gasteiger charge is -2.25. The molecule has 0 spiro atoms. The fourth-order valence-electron chi connectivity index (χ4n) is 1.39. The van der Waals surface area contributed by atoms with Gasteiger partial charge in [0.25, 0.3) is 0 Å². The average molecular weight is 212 g/mol. The minimum atomic E-state index is -0.591. The van der Waals surface area contributed by atoms with Crippen molar-refractivity contribution in [3.8, 4) is 0 Å². The van der Waals surface area contributed by atoms with Crippen molar-refractivity contribution in [3.63, 3.8) is 0 Å². The van der Waals surface area contributed by atoms with Crippen molar-refractivity contribution in [1.82, 2.24) is 20.3 Å². The molecule has 15 heavy (non-hydrogen) atoms. The lowest BCUT2D eigenvalue weighted by Crippen LogP contribution is -2.39. The van der Waals surface area contributed by atoms with Gasteiger partial charge in [0, 0.05) is 20.1 Å². The van der Waals surface area contributed by atoms with Crippen molar-refractivity contribution in [2.24, 2.45) is 7.05 Å². The lowest BCUT2D eigenvalue weighted by molar-refractivity contribution is 0.0321. The predicted molar refractivity (Wildman–Crippen MR) is 58.2 cm³/mol. The SMILES string of the molecule is CCC(O)(CC)CNCc1cnnn1C. The van der Waals surface area contributed by atoms with E-state index in [1.807, 2.05) is 20.9 Å². The molecule has 0 saturated heterocycles. The molecule has 1 heterocycles. The molecule has 1 aromatic heterocycles. The van der Waals surface area contributed by atoms with E-state index in [4.69, 9.17) is 0 Å². The van der Waals surface area contributed by atoms with E-state index in [2.05, 4.69) is 15.6 Å². The fourth-order valence-corrected chi connectivity index (χ4v) is 1.39. The van der Waals surface area contributed by atoms with Gasteiger partial charge in [-0.1, -0.05) is 19.1 Å². The third-order valence-corrected chi connectivity index (χ3v) is 2.88. The molecule has 5 heteroatoms. The van der Waals surface area contributed by atoms with Crippen molar-refractivity contribution in [3.05, 3.63) is 11.9 Å². The molecule has 1 rings (SSSR count). The van der Waals surface area contributed by atoms with Gasteiger partial charge in [0.15, 0.2) is 0 Å². The van der Waals surface area contributed by atoms with Gasteiger partial charge in [-0.3, -0.25) is 4.68 Å². The maximum atomic E-state index is 10.0. The Morgan fingerprint density at radius 3 is 2.60 bits per heavy atom. The first-order chi connectivity index (χ1) is 7.11. The van der Waals surface area contributed by atoms with Crippen LogP contribution in [-0.4, -0.2) is 32.2 Å². The molecule has 0 saturated carbocycles. The summed E-state index contributed by atoms with van der Waals surface area (Å²) in [6.07, 6.45) is 3.25. The van der Waals surface area contributed by atoms with E-state index in [-0.39, 0.29) is 0 Å². The molecule has 5 nitrogen and oxygen atoms in total. The number of nitrogens with zero attached hydrogens (tertiary/aromatic N) is 3. The zero-order valence-corrected chi connectivity index (χ0v) is 9.69. The molecule has 0 radical (unpaired) electrons. The van der Waals surface area contributed by atoms with Crippen LogP contribution in [0.3, 0.4) is 0 Å². The quantitative estimate of drug-likeness (QED) is 0.719. The Labute approximate surface area is 90.5 Å². The molecule has 1 aromatic rings. The van der Waals surface area contributed by atoms with Crippen molar-refractivity contribution < 1.29 is 5.11 Å². The number of nitrogens with one attached hydrogen (secondary N) is 1. The summed E-state index contributed by atoms with van der Waals surface area (Å²) in [7, 11) is 1.86. The van der Waals surface area contributed by atoms with Gasteiger partial charge in [-0.15, -0.1) is 5.10 Å². The van der Waals surface area contributed by atoms with Crippen LogP contribution < -0.4 is 5.32 Å². The number of aryl methyl sites for hydroxylation is 1. The summed E-state index contributed by atoms with van der Waals surface area (Å²) in [6, 6.07) is 0. The van der Waals surface area contributed by atoms with Crippen molar-refractivity contribution in [1.29, 1.82) is 0 Å². The minimum Gasteiger partial charge on any atom is -0.389 e. The van der Waals surface area contributed by atoms with Gasteiger partial charge >= 0.3 is 0 Å². The number of aliphatic hydroxyl groups is 1. The standard InChI is InChI=1S/C10H20N4O/c1-4-10(15,5-2)8-11-6-9-7-12-13-14(9)3/h7,11,15H,4-6,8H2,1-3H3. The van der Waals surface area contributed by atoms with Crippen molar-refractivity contribution in [2.75, 3.05) is 6.54 Å². The number of aromatic nitrogens is 3. The van der Waals surface area contributed by atoms with Gasteiger partial charge < -0.3 is 10.4 Å². The number of hydrogen-bond donors (Lipinski definition) is 2. The molecule has 0 atom stereocenters. The van der Waals surface area contributed by atoms with E-state index in [0.717, 1.165) is 18.5 Å². The van der Waals surface area contributed by atoms with Crippen LogP contribution in [0.15, 0.2) is 6.20 Å². The highest BCUT2D eigenvalue weighted by Gasteiger charge is 2.21. The summed E-state index contributed by atoms with van der Waals surface area (Å²) < 4.78 is 1.73. The summed E-state index contributed by atoms with van der Waals surface area (Å²) in [4.78, 5) is 0. The van der Waals surface area contributed by atoms with Crippen LogP contribution in [0.2, 0.25) is 0 Å². The topological polar surface area (TPSA) is 63.0 Å². The van der Waals surface area contributed by atoms with Gasteiger partial charge in [0.05, 0.1) is 17.5 Å². The molecule has 0 aliphatic heterocycles. The predicted octanol–water partition coefficient (Wildman–Crippen LogP) is 0.456. The Balaban J connectivity index is 2.36. The maximum Gasteiger partial charge on any atom is 0.0766 e. The molecule has 0 amide bonds. The molecule has 0 fully saturated rings. The molecular formula is C10H20N4O. The first kappa shape index (κ1) is 12.1. The van der Waals surface area contributed by atoms with Gasteiger partial charge in [0.1, 0.15) is 0 Å². The molecular weight excluding hydrogens is 192 g/mol. The first-order valence-electron chi connectivity index (χ1n) is 5.38. The summed E-state index contributed by atoms with van der Waals surface area (Å²) in [5.74, 6) is 0. The second kappa shape index (κ2) is 5.23. The molecule has 0 unspecified atom stereocenters. The van der Waals surface area contributed by atoms with Crippen molar-refractivity contribution in [2.45, 2.75) is 38.8 Å². The molecule has 0 aromatic carbocycles. The number of rotatable bonds is 6. The second-order valence-electron chi connectivity index (χ2n) is 3.88. The maximum absolute atomic E-state index is 10.0. The van der Waals surface area contributed by atoms with E-state index < -0.39 is 5.60 Å². The highest BCUT2D eigenvalue weighted by Crippen LogP contribution is 2.12. The van der Waals surface area contributed by atoms with E-state index >= 15 is 0 Å². The van der Waals surface area contributed by atoms with E-state index in [1.54, 1.807) is 10.9 Å². The summed E-state index contributed by atoms with van der Waals surface area (Å²) >= 11 is 0. The van der Waals surface area contributed by atoms with Gasteiger partial charge in [0.2, 0.25) is 0 Å². The Kier molecular flexibility index (Phi) is 4.23. The second-order valence-corrected chi connectivity index (χ2v) is 3.88. The van der Waals surface area contributed by atoms with Crippen LogP contribution in [0.1, 0.15) is 32.4 Å². The Hall–Kier alpha value is -0.940.